The van der Waals surface area contributed by atoms with Crippen LogP contribution in [0.3, 0.4) is 0 Å². The Hall–Kier alpha value is -2.75. The van der Waals surface area contributed by atoms with Crippen LogP contribution in [-0.4, -0.2) is 54.5 Å². The fraction of sp³-hybridized carbons (Fsp3) is 0.550. The van der Waals surface area contributed by atoms with Crippen molar-refractivity contribution >= 4 is 39.0 Å². The maximum absolute atomic E-state index is 13.0. The number of nitrogens with zero attached hydrogens (tertiary/aromatic N) is 5. The number of hydrogen-bond acceptors (Lipinski definition) is 6. The molecule has 3 aromatic rings. The summed E-state index contributed by atoms with van der Waals surface area (Å²) in [6.45, 7) is 6.27. The topological polar surface area (TPSA) is 102 Å². The number of amides is 2. The van der Waals surface area contributed by atoms with Gasteiger partial charge in [-0.2, -0.15) is 0 Å². The van der Waals surface area contributed by atoms with Gasteiger partial charge in [-0.15, -0.1) is 16.4 Å². The molecule has 1 saturated heterocycles. The molecule has 1 atom stereocenters. The molecule has 0 bridgehead atoms. The van der Waals surface area contributed by atoms with E-state index in [1.54, 1.807) is 25.2 Å². The van der Waals surface area contributed by atoms with Crippen LogP contribution in [0.25, 0.3) is 15.9 Å². The number of carbonyl (C=O) groups excluding carboxylic acids is 2. The van der Waals surface area contributed by atoms with Gasteiger partial charge in [0.25, 0.3) is 0 Å². The smallest absolute Gasteiger partial charge is 0.352 e. The van der Waals surface area contributed by atoms with E-state index < -0.39 is 11.2 Å². The van der Waals surface area contributed by atoms with Gasteiger partial charge in [0, 0.05) is 18.0 Å². The molecule has 1 aliphatic carbocycles. The average molecular weight is 429 g/mol. The molecule has 9 nitrogen and oxygen atoms in total. The second-order valence-electron chi connectivity index (χ2n) is 8.77. The van der Waals surface area contributed by atoms with Crippen LogP contribution in [0.2, 0.25) is 0 Å². The molecule has 10 heteroatoms. The molecule has 1 aliphatic heterocycles. The Morgan fingerprint density at radius 3 is 2.97 bits per heavy atom. The van der Waals surface area contributed by atoms with Gasteiger partial charge < -0.3 is 10.2 Å². The van der Waals surface area contributed by atoms with Gasteiger partial charge in [-0.3, -0.25) is 9.59 Å². The van der Waals surface area contributed by atoms with Gasteiger partial charge in [0.1, 0.15) is 23.2 Å². The van der Waals surface area contributed by atoms with Gasteiger partial charge in [-0.25, -0.2) is 18.9 Å². The van der Waals surface area contributed by atoms with Crippen LogP contribution in [0.15, 0.2) is 11.1 Å². The molecular formula is C20H24N6O3S. The molecule has 4 heterocycles. The lowest BCUT2D eigenvalue weighted by atomic mass is 9.89. The fourth-order valence-electron chi connectivity index (χ4n) is 4.52. The zero-order valence-electron chi connectivity index (χ0n) is 17.3. The summed E-state index contributed by atoms with van der Waals surface area (Å²) in [5.41, 5.74) is 0.441. The Morgan fingerprint density at radius 1 is 1.37 bits per heavy atom. The van der Waals surface area contributed by atoms with E-state index in [4.69, 9.17) is 0 Å². The maximum Gasteiger partial charge on any atom is 0.352 e. The standard InChI is InChI=1S/C20H24N6O3S/c1-11-4-5-12-13(8-11)30-17-15(12)16-23-26(19(29)24(16)10-22-17)9-14(27)25-7-6-21-18(28)20(25,2)3/h10-11H,4-9H2,1-3H3,(H,21,28)/t11-/m1/s1. The van der Waals surface area contributed by atoms with Crippen LogP contribution in [0, 0.1) is 5.92 Å². The van der Waals surface area contributed by atoms with E-state index in [0.29, 0.717) is 24.7 Å². The van der Waals surface area contributed by atoms with E-state index in [2.05, 4.69) is 22.3 Å². The molecule has 0 radical (unpaired) electrons. The quantitative estimate of drug-likeness (QED) is 0.655. The van der Waals surface area contributed by atoms with Crippen LogP contribution >= 0.6 is 11.3 Å². The summed E-state index contributed by atoms with van der Waals surface area (Å²) in [7, 11) is 0. The number of fused-ring (bicyclic) bond motifs is 5. The molecule has 3 aromatic heterocycles. The minimum atomic E-state index is -0.962. The molecule has 0 spiro atoms. The van der Waals surface area contributed by atoms with Gasteiger partial charge in [0.15, 0.2) is 5.65 Å². The minimum absolute atomic E-state index is 0.200. The van der Waals surface area contributed by atoms with Crippen molar-refractivity contribution in [3.8, 4) is 0 Å². The molecule has 5 rings (SSSR count). The molecule has 30 heavy (non-hydrogen) atoms. The lowest BCUT2D eigenvalue weighted by molar-refractivity contribution is -0.149. The van der Waals surface area contributed by atoms with E-state index in [-0.39, 0.29) is 18.4 Å². The highest BCUT2D eigenvalue weighted by Gasteiger charge is 2.40. The molecule has 158 valence electrons. The Balaban J connectivity index is 1.55. The first-order chi connectivity index (χ1) is 14.3. The van der Waals surface area contributed by atoms with Crippen molar-refractivity contribution in [2.24, 2.45) is 5.92 Å². The summed E-state index contributed by atoms with van der Waals surface area (Å²) in [5, 5.41) is 8.24. The van der Waals surface area contributed by atoms with E-state index in [0.717, 1.165) is 29.5 Å². The molecule has 1 fully saturated rings. The summed E-state index contributed by atoms with van der Waals surface area (Å²) in [5.74, 6) is 0.143. The molecule has 0 unspecified atom stereocenters. The van der Waals surface area contributed by atoms with Gasteiger partial charge in [-0.05, 0) is 44.6 Å². The van der Waals surface area contributed by atoms with Gasteiger partial charge >= 0.3 is 5.69 Å². The summed E-state index contributed by atoms with van der Waals surface area (Å²) in [4.78, 5) is 46.3. The number of rotatable bonds is 2. The number of aryl methyl sites for hydroxylation is 1. The first-order valence-corrected chi connectivity index (χ1v) is 11.1. The first-order valence-electron chi connectivity index (χ1n) is 10.2. The predicted molar refractivity (Wildman–Crippen MR) is 113 cm³/mol. The first kappa shape index (κ1) is 19.2. The van der Waals surface area contributed by atoms with Crippen LogP contribution in [0.1, 0.15) is 37.6 Å². The van der Waals surface area contributed by atoms with E-state index >= 15 is 0 Å². The third kappa shape index (κ3) is 2.77. The normalized spacial score (nSPS) is 21.1. The monoisotopic (exact) mass is 428 g/mol. The Bertz CT molecular complexity index is 1250. The van der Waals surface area contributed by atoms with E-state index in [1.807, 2.05) is 0 Å². The summed E-state index contributed by atoms with van der Waals surface area (Å²) in [6, 6.07) is 0. The second-order valence-corrected chi connectivity index (χ2v) is 9.85. The number of nitrogens with one attached hydrogen (secondary N) is 1. The van der Waals surface area contributed by atoms with Crippen molar-refractivity contribution in [3.05, 3.63) is 27.3 Å². The lowest BCUT2D eigenvalue weighted by Gasteiger charge is -2.41. The summed E-state index contributed by atoms with van der Waals surface area (Å²) in [6.07, 6.45) is 4.58. The van der Waals surface area contributed by atoms with Crippen LogP contribution < -0.4 is 11.0 Å². The molecule has 0 aromatic carbocycles. The Labute approximate surface area is 176 Å². The fourth-order valence-corrected chi connectivity index (χ4v) is 5.86. The third-order valence-corrected chi connectivity index (χ3v) is 7.48. The number of thiophene rings is 1. The van der Waals surface area contributed by atoms with E-state index in [9.17, 15) is 14.4 Å². The predicted octanol–water partition coefficient (Wildman–Crippen LogP) is 0.967. The number of aromatic nitrogens is 4. The van der Waals surface area contributed by atoms with Crippen molar-refractivity contribution in [1.29, 1.82) is 0 Å². The average Bonchev–Trinajstić information content (AvgIpc) is 3.21. The maximum atomic E-state index is 13.0. The van der Waals surface area contributed by atoms with Gasteiger partial charge in [0.05, 0.1) is 5.39 Å². The van der Waals surface area contributed by atoms with Crippen molar-refractivity contribution < 1.29 is 9.59 Å². The van der Waals surface area contributed by atoms with Crippen LogP contribution in [0.5, 0.6) is 0 Å². The second kappa shape index (κ2) is 6.63. The summed E-state index contributed by atoms with van der Waals surface area (Å²) < 4.78 is 2.62. The highest BCUT2D eigenvalue weighted by molar-refractivity contribution is 7.19. The number of hydrogen-bond donors (Lipinski definition) is 1. The van der Waals surface area contributed by atoms with Crippen molar-refractivity contribution in [3.63, 3.8) is 0 Å². The molecule has 1 N–H and O–H groups in total. The van der Waals surface area contributed by atoms with E-state index in [1.165, 1.54) is 30.8 Å². The number of carbonyl (C=O) groups is 2. The lowest BCUT2D eigenvalue weighted by Crippen LogP contribution is -2.64. The van der Waals surface area contributed by atoms with Crippen LogP contribution in [-0.2, 0) is 29.0 Å². The molecule has 2 amide bonds. The Kier molecular flexibility index (Phi) is 4.25. The number of piperazine rings is 1. The highest BCUT2D eigenvalue weighted by atomic mass is 32.1. The van der Waals surface area contributed by atoms with Gasteiger partial charge in [0.2, 0.25) is 11.8 Å². The minimum Gasteiger partial charge on any atom is -0.352 e. The highest BCUT2D eigenvalue weighted by Crippen LogP contribution is 2.38. The van der Waals surface area contributed by atoms with Crippen molar-refractivity contribution in [2.75, 3.05) is 13.1 Å². The van der Waals surface area contributed by atoms with Crippen LogP contribution in [0.4, 0.5) is 0 Å². The van der Waals surface area contributed by atoms with Gasteiger partial charge in [-0.1, -0.05) is 6.92 Å². The zero-order chi connectivity index (χ0) is 21.2. The SMILES string of the molecule is C[C@@H]1CCc2c(sc3ncn4c(=O)n(CC(=O)N5CCNC(=O)C5(C)C)nc4c23)C1. The van der Waals surface area contributed by atoms with Crippen molar-refractivity contribution in [2.45, 2.75) is 52.1 Å². The summed E-state index contributed by atoms with van der Waals surface area (Å²) >= 11 is 1.67. The third-order valence-electron chi connectivity index (χ3n) is 6.32. The molecule has 2 aliphatic rings. The largest absolute Gasteiger partial charge is 0.352 e. The zero-order valence-corrected chi connectivity index (χ0v) is 18.1. The van der Waals surface area contributed by atoms with Crippen molar-refractivity contribution in [1.82, 2.24) is 29.4 Å². The molecule has 0 saturated carbocycles. The Morgan fingerprint density at radius 2 is 2.17 bits per heavy atom. The molecular weight excluding hydrogens is 404 g/mol.